The van der Waals surface area contributed by atoms with Gasteiger partial charge >= 0.3 is 0 Å². The molecular weight excluding hydrogens is 122 g/mol. The third-order valence-electron chi connectivity index (χ3n) is 2.95. The largest absolute Gasteiger partial charge is 0.314 e. The molecule has 1 saturated carbocycles. The SMILES string of the molecule is CC1(C)CC2CNC(C2)C1. The van der Waals surface area contributed by atoms with E-state index in [1.807, 2.05) is 0 Å². The normalized spacial score (nSPS) is 43.8. The van der Waals surface area contributed by atoms with E-state index < -0.39 is 0 Å². The smallest absolute Gasteiger partial charge is 0.00753 e. The zero-order chi connectivity index (χ0) is 7.19. The molecule has 1 N–H and O–H groups in total. The van der Waals surface area contributed by atoms with Crippen LogP contribution in [-0.4, -0.2) is 12.6 Å². The molecule has 1 aliphatic carbocycles. The topological polar surface area (TPSA) is 12.0 Å². The predicted molar refractivity (Wildman–Crippen MR) is 42.9 cm³/mol. The Morgan fingerprint density at radius 1 is 1.30 bits per heavy atom. The fourth-order valence-corrected chi connectivity index (χ4v) is 2.75. The van der Waals surface area contributed by atoms with Gasteiger partial charge in [-0.05, 0) is 37.1 Å². The van der Waals surface area contributed by atoms with E-state index in [0.29, 0.717) is 5.41 Å². The van der Waals surface area contributed by atoms with Crippen molar-refractivity contribution in [2.24, 2.45) is 11.3 Å². The zero-order valence-corrected chi connectivity index (χ0v) is 6.98. The molecule has 0 aromatic rings. The molecule has 2 atom stereocenters. The Morgan fingerprint density at radius 2 is 2.10 bits per heavy atom. The second-order valence-electron chi connectivity index (χ2n) is 4.78. The second-order valence-corrected chi connectivity index (χ2v) is 4.78. The fraction of sp³-hybridized carbons (Fsp3) is 1.00. The lowest BCUT2D eigenvalue weighted by atomic mass is 9.72. The fourth-order valence-electron chi connectivity index (χ4n) is 2.75. The van der Waals surface area contributed by atoms with Gasteiger partial charge in [0.25, 0.3) is 0 Å². The first kappa shape index (κ1) is 6.66. The number of hydrogen-bond acceptors (Lipinski definition) is 1. The Hall–Kier alpha value is -0.0400. The minimum Gasteiger partial charge on any atom is -0.314 e. The Balaban J connectivity index is 2.09. The Labute approximate surface area is 63.2 Å². The van der Waals surface area contributed by atoms with Crippen LogP contribution in [0.1, 0.15) is 33.1 Å². The van der Waals surface area contributed by atoms with Gasteiger partial charge in [0.05, 0.1) is 0 Å². The van der Waals surface area contributed by atoms with E-state index in [2.05, 4.69) is 19.2 Å². The van der Waals surface area contributed by atoms with Gasteiger partial charge in [0.2, 0.25) is 0 Å². The first-order valence-corrected chi connectivity index (χ1v) is 4.39. The van der Waals surface area contributed by atoms with E-state index >= 15 is 0 Å². The molecule has 1 heterocycles. The Morgan fingerprint density at radius 3 is 2.80 bits per heavy atom. The summed E-state index contributed by atoms with van der Waals surface area (Å²) in [4.78, 5) is 0. The predicted octanol–water partition coefficient (Wildman–Crippen LogP) is 1.78. The molecular formula is C9H17N. The third kappa shape index (κ3) is 1.07. The second kappa shape index (κ2) is 1.97. The van der Waals surface area contributed by atoms with Crippen LogP contribution in [-0.2, 0) is 0 Å². The lowest BCUT2D eigenvalue weighted by Gasteiger charge is -2.33. The van der Waals surface area contributed by atoms with Crippen molar-refractivity contribution in [3.05, 3.63) is 0 Å². The molecule has 2 unspecified atom stereocenters. The average Bonchev–Trinajstić information content (AvgIpc) is 2.08. The molecule has 0 aromatic carbocycles. The maximum atomic E-state index is 3.57. The Kier molecular flexibility index (Phi) is 1.31. The van der Waals surface area contributed by atoms with Crippen molar-refractivity contribution >= 4 is 0 Å². The zero-order valence-electron chi connectivity index (χ0n) is 6.98. The summed E-state index contributed by atoms with van der Waals surface area (Å²) < 4.78 is 0. The summed E-state index contributed by atoms with van der Waals surface area (Å²) in [5.74, 6) is 0.994. The summed E-state index contributed by atoms with van der Waals surface area (Å²) >= 11 is 0. The molecule has 1 nitrogen and oxygen atoms in total. The third-order valence-corrected chi connectivity index (χ3v) is 2.95. The number of nitrogens with one attached hydrogen (secondary N) is 1. The van der Waals surface area contributed by atoms with E-state index in [-0.39, 0.29) is 0 Å². The van der Waals surface area contributed by atoms with Crippen molar-refractivity contribution in [2.75, 3.05) is 6.54 Å². The van der Waals surface area contributed by atoms with Crippen LogP contribution in [0.3, 0.4) is 0 Å². The molecule has 2 fully saturated rings. The van der Waals surface area contributed by atoms with Crippen LogP contribution in [0.5, 0.6) is 0 Å². The van der Waals surface area contributed by atoms with E-state index in [1.165, 1.54) is 25.8 Å². The van der Waals surface area contributed by atoms with Gasteiger partial charge < -0.3 is 5.32 Å². The summed E-state index contributed by atoms with van der Waals surface area (Å²) in [7, 11) is 0. The van der Waals surface area contributed by atoms with Crippen LogP contribution >= 0.6 is 0 Å². The van der Waals surface area contributed by atoms with Gasteiger partial charge in [-0.25, -0.2) is 0 Å². The minimum absolute atomic E-state index is 0.622. The molecule has 2 aliphatic rings. The molecule has 0 spiro atoms. The van der Waals surface area contributed by atoms with Gasteiger partial charge in [-0.3, -0.25) is 0 Å². The quantitative estimate of drug-likeness (QED) is 0.539. The highest BCUT2D eigenvalue weighted by Gasteiger charge is 2.37. The van der Waals surface area contributed by atoms with Crippen LogP contribution < -0.4 is 5.32 Å². The van der Waals surface area contributed by atoms with E-state index in [1.54, 1.807) is 0 Å². The molecule has 0 radical (unpaired) electrons. The van der Waals surface area contributed by atoms with Crippen LogP contribution in [0.2, 0.25) is 0 Å². The highest BCUT2D eigenvalue weighted by atomic mass is 15.0. The summed E-state index contributed by atoms with van der Waals surface area (Å²) in [6.07, 6.45) is 4.28. The number of rotatable bonds is 0. The molecule has 10 heavy (non-hydrogen) atoms. The van der Waals surface area contributed by atoms with E-state index in [9.17, 15) is 0 Å². The highest BCUT2D eigenvalue weighted by molar-refractivity contribution is 4.93. The van der Waals surface area contributed by atoms with Crippen LogP contribution in [0, 0.1) is 11.3 Å². The van der Waals surface area contributed by atoms with Gasteiger partial charge in [-0.1, -0.05) is 13.8 Å². The van der Waals surface area contributed by atoms with Gasteiger partial charge in [0, 0.05) is 6.04 Å². The molecule has 1 saturated heterocycles. The highest BCUT2D eigenvalue weighted by Crippen LogP contribution is 2.41. The van der Waals surface area contributed by atoms with Crippen LogP contribution in [0.15, 0.2) is 0 Å². The van der Waals surface area contributed by atoms with Gasteiger partial charge in [0.15, 0.2) is 0 Å². The standard InChI is InChI=1S/C9H17N/c1-9(2)4-7-3-8(5-9)10-6-7/h7-8,10H,3-6H2,1-2H3. The summed E-state index contributed by atoms with van der Waals surface area (Å²) in [6, 6.07) is 0.855. The first-order chi connectivity index (χ1) is 4.66. The van der Waals surface area contributed by atoms with Gasteiger partial charge in [-0.15, -0.1) is 0 Å². The number of fused-ring (bicyclic) bond motifs is 2. The molecule has 2 bridgehead atoms. The van der Waals surface area contributed by atoms with Crippen molar-refractivity contribution in [2.45, 2.75) is 39.2 Å². The summed E-state index contributed by atoms with van der Waals surface area (Å²) in [5.41, 5.74) is 0.622. The molecule has 58 valence electrons. The summed E-state index contributed by atoms with van der Waals surface area (Å²) in [6.45, 7) is 6.09. The van der Waals surface area contributed by atoms with Gasteiger partial charge in [0.1, 0.15) is 0 Å². The average molecular weight is 139 g/mol. The molecule has 2 rings (SSSR count). The van der Waals surface area contributed by atoms with Crippen molar-refractivity contribution in [3.8, 4) is 0 Å². The van der Waals surface area contributed by atoms with E-state index in [0.717, 1.165) is 12.0 Å². The van der Waals surface area contributed by atoms with Crippen molar-refractivity contribution in [3.63, 3.8) is 0 Å². The van der Waals surface area contributed by atoms with Crippen molar-refractivity contribution in [1.82, 2.24) is 5.32 Å². The number of hydrogen-bond donors (Lipinski definition) is 1. The maximum Gasteiger partial charge on any atom is 0.00753 e. The maximum absolute atomic E-state index is 3.57. The van der Waals surface area contributed by atoms with Crippen molar-refractivity contribution in [1.29, 1.82) is 0 Å². The lowest BCUT2D eigenvalue weighted by molar-refractivity contribution is 0.202. The Bertz CT molecular complexity index is 126. The first-order valence-electron chi connectivity index (χ1n) is 4.39. The molecule has 1 heteroatoms. The molecule has 1 aliphatic heterocycles. The monoisotopic (exact) mass is 139 g/mol. The van der Waals surface area contributed by atoms with Gasteiger partial charge in [-0.2, -0.15) is 0 Å². The van der Waals surface area contributed by atoms with E-state index in [4.69, 9.17) is 0 Å². The lowest BCUT2D eigenvalue weighted by Crippen LogP contribution is -2.29. The van der Waals surface area contributed by atoms with Crippen molar-refractivity contribution < 1.29 is 0 Å². The minimum atomic E-state index is 0.622. The molecule has 0 aromatic heterocycles. The summed E-state index contributed by atoms with van der Waals surface area (Å²) in [5, 5.41) is 3.57. The molecule has 0 amide bonds. The van der Waals surface area contributed by atoms with Crippen LogP contribution in [0.25, 0.3) is 0 Å². The van der Waals surface area contributed by atoms with Crippen LogP contribution in [0.4, 0.5) is 0 Å².